The van der Waals surface area contributed by atoms with Crippen molar-refractivity contribution in [1.29, 1.82) is 0 Å². The van der Waals surface area contributed by atoms with Gasteiger partial charge in [-0.05, 0) is 62.7 Å². The molecule has 1 amide bonds. The number of rotatable bonds is 6. The third-order valence-corrected chi connectivity index (χ3v) is 3.48. The van der Waals surface area contributed by atoms with Crippen molar-refractivity contribution in [2.75, 3.05) is 18.5 Å². The lowest BCUT2D eigenvalue weighted by Crippen LogP contribution is -2.13. The lowest BCUT2D eigenvalue weighted by Gasteiger charge is -2.13. The topological polar surface area (TPSA) is 47.6 Å². The first-order valence-electron chi connectivity index (χ1n) is 7.52. The third kappa shape index (κ3) is 4.39. The van der Waals surface area contributed by atoms with E-state index in [2.05, 4.69) is 5.32 Å². The molecule has 122 valence electrons. The summed E-state index contributed by atoms with van der Waals surface area (Å²) >= 11 is 5.93. The Morgan fingerprint density at radius 1 is 1.04 bits per heavy atom. The molecule has 2 aromatic carbocycles. The van der Waals surface area contributed by atoms with Gasteiger partial charge in [-0.2, -0.15) is 0 Å². The Balaban J connectivity index is 2.23. The van der Waals surface area contributed by atoms with Gasteiger partial charge >= 0.3 is 0 Å². The van der Waals surface area contributed by atoms with Gasteiger partial charge in [0.1, 0.15) is 0 Å². The number of benzene rings is 2. The van der Waals surface area contributed by atoms with Crippen molar-refractivity contribution in [3.63, 3.8) is 0 Å². The molecule has 2 rings (SSSR count). The van der Waals surface area contributed by atoms with Gasteiger partial charge in [0.25, 0.3) is 5.91 Å². The molecule has 0 atom stereocenters. The Labute approximate surface area is 141 Å². The van der Waals surface area contributed by atoms with E-state index in [9.17, 15) is 4.79 Å². The van der Waals surface area contributed by atoms with Crippen LogP contribution in [0.3, 0.4) is 0 Å². The second-order valence-corrected chi connectivity index (χ2v) is 5.38. The maximum Gasteiger partial charge on any atom is 0.255 e. The summed E-state index contributed by atoms with van der Waals surface area (Å²) in [7, 11) is 0. The molecule has 0 unspecified atom stereocenters. The molecular weight excluding hydrogens is 314 g/mol. The molecule has 23 heavy (non-hydrogen) atoms. The van der Waals surface area contributed by atoms with E-state index in [1.54, 1.807) is 36.4 Å². The van der Waals surface area contributed by atoms with E-state index in [0.29, 0.717) is 35.3 Å². The fraction of sp³-hybridized carbons (Fsp3) is 0.278. The first kappa shape index (κ1) is 17.2. The van der Waals surface area contributed by atoms with E-state index in [4.69, 9.17) is 21.1 Å². The molecule has 0 spiro atoms. The lowest BCUT2D eigenvalue weighted by atomic mass is 10.1. The molecule has 0 aliphatic heterocycles. The average Bonchev–Trinajstić information content (AvgIpc) is 2.52. The molecule has 0 radical (unpaired) electrons. The molecule has 4 nitrogen and oxygen atoms in total. The van der Waals surface area contributed by atoms with Crippen LogP contribution in [0.1, 0.15) is 29.8 Å². The van der Waals surface area contributed by atoms with Crippen molar-refractivity contribution in [1.82, 2.24) is 0 Å². The Hall–Kier alpha value is -2.20. The van der Waals surface area contributed by atoms with Crippen molar-refractivity contribution < 1.29 is 14.3 Å². The maximum absolute atomic E-state index is 12.4. The minimum atomic E-state index is -0.209. The normalized spacial score (nSPS) is 10.3. The second-order valence-electron chi connectivity index (χ2n) is 4.94. The van der Waals surface area contributed by atoms with Crippen LogP contribution >= 0.6 is 11.6 Å². The zero-order chi connectivity index (χ0) is 16.8. The summed E-state index contributed by atoms with van der Waals surface area (Å²) in [5, 5.41) is 3.52. The van der Waals surface area contributed by atoms with Gasteiger partial charge in [-0.25, -0.2) is 0 Å². The summed E-state index contributed by atoms with van der Waals surface area (Å²) in [6.07, 6.45) is 0. The van der Waals surface area contributed by atoms with Crippen molar-refractivity contribution in [2.24, 2.45) is 0 Å². The van der Waals surface area contributed by atoms with Crippen molar-refractivity contribution in [3.8, 4) is 11.5 Å². The standard InChI is InChI=1S/C18H20ClNO3/c1-4-22-16-9-6-13(11-17(16)23-5-2)18(21)20-15-8-7-14(19)10-12(15)3/h6-11H,4-5H2,1-3H3,(H,20,21). The summed E-state index contributed by atoms with van der Waals surface area (Å²) in [4.78, 5) is 12.4. The van der Waals surface area contributed by atoms with Crippen molar-refractivity contribution in [2.45, 2.75) is 20.8 Å². The number of nitrogens with one attached hydrogen (secondary N) is 1. The predicted molar refractivity (Wildman–Crippen MR) is 92.9 cm³/mol. The quantitative estimate of drug-likeness (QED) is 0.833. The number of anilines is 1. The first-order chi connectivity index (χ1) is 11.0. The minimum absolute atomic E-state index is 0.209. The molecule has 0 aliphatic carbocycles. The lowest BCUT2D eigenvalue weighted by molar-refractivity contribution is 0.102. The molecule has 0 aromatic heterocycles. The highest BCUT2D eigenvalue weighted by Crippen LogP contribution is 2.29. The van der Waals surface area contributed by atoms with E-state index in [1.807, 2.05) is 20.8 Å². The summed E-state index contributed by atoms with van der Waals surface area (Å²) in [5.74, 6) is 0.989. The maximum atomic E-state index is 12.4. The molecule has 0 heterocycles. The van der Waals surface area contributed by atoms with Gasteiger partial charge in [0, 0.05) is 16.3 Å². The number of hydrogen-bond acceptors (Lipinski definition) is 3. The molecule has 0 saturated heterocycles. The SMILES string of the molecule is CCOc1ccc(C(=O)Nc2ccc(Cl)cc2C)cc1OCC. The van der Waals surface area contributed by atoms with E-state index in [-0.39, 0.29) is 5.91 Å². The molecule has 0 aliphatic rings. The number of hydrogen-bond donors (Lipinski definition) is 1. The van der Waals surface area contributed by atoms with Crippen LogP contribution in [0, 0.1) is 6.92 Å². The largest absolute Gasteiger partial charge is 0.490 e. The first-order valence-corrected chi connectivity index (χ1v) is 7.90. The van der Waals surface area contributed by atoms with Gasteiger partial charge in [0.2, 0.25) is 0 Å². The average molecular weight is 334 g/mol. The number of ether oxygens (including phenoxy) is 2. The van der Waals surface area contributed by atoms with Crippen LogP contribution in [-0.4, -0.2) is 19.1 Å². The Kier molecular flexibility index (Phi) is 5.88. The summed E-state index contributed by atoms with van der Waals surface area (Å²) in [6, 6.07) is 10.5. The highest BCUT2D eigenvalue weighted by atomic mass is 35.5. The third-order valence-electron chi connectivity index (χ3n) is 3.24. The van der Waals surface area contributed by atoms with Crippen LogP contribution in [0.4, 0.5) is 5.69 Å². The molecule has 0 fully saturated rings. The van der Waals surface area contributed by atoms with Crippen LogP contribution in [0.25, 0.3) is 0 Å². The number of aryl methyl sites for hydroxylation is 1. The van der Waals surface area contributed by atoms with Gasteiger partial charge in [-0.1, -0.05) is 11.6 Å². The van der Waals surface area contributed by atoms with Gasteiger partial charge < -0.3 is 14.8 Å². The van der Waals surface area contributed by atoms with Gasteiger partial charge in [-0.15, -0.1) is 0 Å². The van der Waals surface area contributed by atoms with Crippen LogP contribution in [-0.2, 0) is 0 Å². The molecular formula is C18H20ClNO3. The Bertz CT molecular complexity index is 701. The van der Waals surface area contributed by atoms with Crippen molar-refractivity contribution in [3.05, 3.63) is 52.5 Å². The Morgan fingerprint density at radius 3 is 2.39 bits per heavy atom. The minimum Gasteiger partial charge on any atom is -0.490 e. The fourth-order valence-electron chi connectivity index (χ4n) is 2.15. The summed E-state index contributed by atoms with van der Waals surface area (Å²) in [6.45, 7) is 6.72. The highest BCUT2D eigenvalue weighted by molar-refractivity contribution is 6.30. The van der Waals surface area contributed by atoms with E-state index in [0.717, 1.165) is 11.3 Å². The molecule has 5 heteroatoms. The molecule has 0 bridgehead atoms. The van der Waals surface area contributed by atoms with Crippen LogP contribution in [0.15, 0.2) is 36.4 Å². The summed E-state index contributed by atoms with van der Waals surface area (Å²) < 4.78 is 11.1. The van der Waals surface area contributed by atoms with E-state index >= 15 is 0 Å². The molecule has 1 N–H and O–H groups in total. The molecule has 0 saturated carbocycles. The van der Waals surface area contributed by atoms with E-state index < -0.39 is 0 Å². The number of carbonyl (C=O) groups excluding carboxylic acids is 1. The van der Waals surface area contributed by atoms with Crippen LogP contribution in [0.5, 0.6) is 11.5 Å². The smallest absolute Gasteiger partial charge is 0.255 e. The number of amides is 1. The Morgan fingerprint density at radius 2 is 1.74 bits per heavy atom. The summed E-state index contributed by atoms with van der Waals surface area (Å²) in [5.41, 5.74) is 2.14. The van der Waals surface area contributed by atoms with E-state index in [1.165, 1.54) is 0 Å². The number of carbonyl (C=O) groups is 1. The van der Waals surface area contributed by atoms with Gasteiger partial charge in [-0.3, -0.25) is 4.79 Å². The van der Waals surface area contributed by atoms with Gasteiger partial charge in [0.15, 0.2) is 11.5 Å². The molecule has 2 aromatic rings. The predicted octanol–water partition coefficient (Wildman–Crippen LogP) is 4.70. The highest BCUT2D eigenvalue weighted by Gasteiger charge is 2.12. The zero-order valence-corrected chi connectivity index (χ0v) is 14.2. The van der Waals surface area contributed by atoms with Gasteiger partial charge in [0.05, 0.1) is 13.2 Å². The zero-order valence-electron chi connectivity index (χ0n) is 13.5. The van der Waals surface area contributed by atoms with Crippen LogP contribution < -0.4 is 14.8 Å². The number of halogens is 1. The second kappa shape index (κ2) is 7.88. The monoisotopic (exact) mass is 333 g/mol. The van der Waals surface area contributed by atoms with Crippen molar-refractivity contribution >= 4 is 23.2 Å². The fourth-order valence-corrected chi connectivity index (χ4v) is 2.38. The van der Waals surface area contributed by atoms with Crippen LogP contribution in [0.2, 0.25) is 5.02 Å².